The van der Waals surface area contributed by atoms with Crippen molar-refractivity contribution >= 4 is 17.6 Å². The van der Waals surface area contributed by atoms with Gasteiger partial charge in [0, 0.05) is 0 Å². The summed E-state index contributed by atoms with van der Waals surface area (Å²) in [4.78, 5) is 11.6. The van der Waals surface area contributed by atoms with Crippen LogP contribution in [0.3, 0.4) is 0 Å². The van der Waals surface area contributed by atoms with Crippen LogP contribution in [0.1, 0.15) is 11.1 Å². The molecule has 0 bridgehead atoms. The highest BCUT2D eigenvalue weighted by atomic mass is 16.5. The third-order valence-electron chi connectivity index (χ3n) is 3.31. The van der Waals surface area contributed by atoms with E-state index in [9.17, 15) is 9.90 Å². The minimum Gasteiger partial charge on any atom is -0.493 e. The second-order valence-electron chi connectivity index (χ2n) is 4.69. The smallest absolute Gasteiger partial charge is 0.336 e. The van der Waals surface area contributed by atoms with E-state index < -0.39 is 5.97 Å². The van der Waals surface area contributed by atoms with Crippen LogP contribution in [0.15, 0.2) is 42.5 Å². The van der Waals surface area contributed by atoms with E-state index in [1.54, 1.807) is 42.5 Å². The Morgan fingerprint density at radius 2 is 1.52 bits per heavy atom. The second kappa shape index (κ2) is 7.35. The number of aliphatic carboxylic acids is 1. The third-order valence-corrected chi connectivity index (χ3v) is 3.31. The van der Waals surface area contributed by atoms with Gasteiger partial charge >= 0.3 is 5.97 Å². The van der Waals surface area contributed by atoms with Gasteiger partial charge in [-0.05, 0) is 29.3 Å². The molecule has 0 heterocycles. The highest BCUT2D eigenvalue weighted by molar-refractivity contribution is 6.20. The van der Waals surface area contributed by atoms with Crippen LogP contribution in [-0.4, -0.2) is 32.4 Å². The quantitative estimate of drug-likeness (QED) is 0.654. The third kappa shape index (κ3) is 3.63. The first kappa shape index (κ1) is 16.4. The van der Waals surface area contributed by atoms with Crippen molar-refractivity contribution in [2.75, 3.05) is 21.3 Å². The summed E-state index contributed by atoms with van der Waals surface area (Å²) < 4.78 is 15.8. The van der Waals surface area contributed by atoms with Crippen LogP contribution in [-0.2, 0) is 4.79 Å². The molecule has 120 valence electrons. The molecule has 0 aromatic heterocycles. The normalized spacial score (nSPS) is 11.0. The van der Waals surface area contributed by atoms with E-state index in [-0.39, 0.29) is 5.57 Å². The molecule has 0 fully saturated rings. The molecule has 0 amide bonds. The Morgan fingerprint density at radius 1 is 0.957 bits per heavy atom. The van der Waals surface area contributed by atoms with E-state index in [4.69, 9.17) is 14.2 Å². The van der Waals surface area contributed by atoms with E-state index in [2.05, 4.69) is 0 Å². The van der Waals surface area contributed by atoms with Crippen molar-refractivity contribution in [2.45, 2.75) is 0 Å². The largest absolute Gasteiger partial charge is 0.493 e. The molecule has 0 unspecified atom stereocenters. The average molecular weight is 314 g/mol. The van der Waals surface area contributed by atoms with Gasteiger partial charge < -0.3 is 19.3 Å². The van der Waals surface area contributed by atoms with E-state index in [1.807, 2.05) is 6.07 Å². The number of carbonyl (C=O) groups is 1. The van der Waals surface area contributed by atoms with Gasteiger partial charge in [0.25, 0.3) is 0 Å². The number of carboxylic acids is 1. The van der Waals surface area contributed by atoms with Gasteiger partial charge in [-0.1, -0.05) is 30.3 Å². The zero-order chi connectivity index (χ0) is 16.8. The molecule has 0 aliphatic carbocycles. The summed E-state index contributed by atoms with van der Waals surface area (Å²) >= 11 is 0. The number of carboxylic acid groups (broad SMARTS) is 1. The van der Waals surface area contributed by atoms with Gasteiger partial charge in [-0.25, -0.2) is 4.79 Å². The number of hydrogen-bond acceptors (Lipinski definition) is 4. The van der Waals surface area contributed by atoms with Crippen LogP contribution in [0.2, 0.25) is 0 Å². The number of benzene rings is 2. The van der Waals surface area contributed by atoms with Crippen molar-refractivity contribution < 1.29 is 24.1 Å². The van der Waals surface area contributed by atoms with Gasteiger partial charge in [-0.3, -0.25) is 0 Å². The van der Waals surface area contributed by atoms with Crippen molar-refractivity contribution in [3.8, 4) is 17.2 Å². The summed E-state index contributed by atoms with van der Waals surface area (Å²) in [7, 11) is 4.54. The van der Waals surface area contributed by atoms with Crippen LogP contribution in [0, 0.1) is 0 Å². The lowest BCUT2D eigenvalue weighted by Gasteiger charge is -2.13. The summed E-state index contributed by atoms with van der Waals surface area (Å²) in [6, 6.07) is 12.3. The lowest BCUT2D eigenvalue weighted by atomic mass is 10.0. The van der Waals surface area contributed by atoms with E-state index >= 15 is 0 Å². The Hall–Kier alpha value is -2.95. The minimum absolute atomic E-state index is 0.180. The Balaban J connectivity index is 2.57. The molecule has 5 heteroatoms. The molecule has 2 aromatic rings. The SMILES string of the molecule is COc1cc(/C=C(\C(=O)O)c2ccccc2)cc(OC)c1OC. The molecule has 5 nitrogen and oxygen atoms in total. The fraction of sp³-hybridized carbons (Fsp3) is 0.167. The Labute approximate surface area is 134 Å². The van der Waals surface area contributed by atoms with Gasteiger partial charge in [0.1, 0.15) is 0 Å². The standard InChI is InChI=1S/C18H18O5/c1-21-15-10-12(11-16(22-2)17(15)23-3)9-14(18(19)20)13-7-5-4-6-8-13/h4-11H,1-3H3,(H,19,20)/b14-9-. The molecule has 2 rings (SSSR count). The topological polar surface area (TPSA) is 65.0 Å². The van der Waals surface area contributed by atoms with Crippen molar-refractivity contribution in [1.29, 1.82) is 0 Å². The Kier molecular flexibility index (Phi) is 5.25. The van der Waals surface area contributed by atoms with E-state index in [1.165, 1.54) is 21.3 Å². The second-order valence-corrected chi connectivity index (χ2v) is 4.69. The number of rotatable bonds is 6. The molecular weight excluding hydrogens is 296 g/mol. The summed E-state index contributed by atoms with van der Waals surface area (Å²) in [5.41, 5.74) is 1.44. The molecule has 1 N–H and O–H groups in total. The van der Waals surface area contributed by atoms with E-state index in [0.29, 0.717) is 28.4 Å². The maximum atomic E-state index is 11.6. The van der Waals surface area contributed by atoms with Crippen molar-refractivity contribution in [1.82, 2.24) is 0 Å². The molecule has 0 atom stereocenters. The fourth-order valence-electron chi connectivity index (χ4n) is 2.24. The summed E-state index contributed by atoms with van der Waals surface area (Å²) in [6.45, 7) is 0. The predicted octanol–water partition coefficient (Wildman–Crippen LogP) is 3.34. The molecular formula is C18H18O5. The number of hydrogen-bond donors (Lipinski definition) is 1. The van der Waals surface area contributed by atoms with Crippen LogP contribution in [0.5, 0.6) is 17.2 Å². The van der Waals surface area contributed by atoms with Crippen LogP contribution in [0.4, 0.5) is 0 Å². The molecule has 0 spiro atoms. The van der Waals surface area contributed by atoms with Crippen molar-refractivity contribution in [2.24, 2.45) is 0 Å². The Morgan fingerprint density at radius 3 is 1.96 bits per heavy atom. The first-order valence-corrected chi connectivity index (χ1v) is 6.91. The lowest BCUT2D eigenvalue weighted by molar-refractivity contribution is -0.130. The van der Waals surface area contributed by atoms with Crippen LogP contribution >= 0.6 is 0 Å². The predicted molar refractivity (Wildman–Crippen MR) is 88.0 cm³/mol. The molecule has 23 heavy (non-hydrogen) atoms. The molecule has 0 radical (unpaired) electrons. The lowest BCUT2D eigenvalue weighted by Crippen LogP contribution is -2.00. The van der Waals surface area contributed by atoms with Crippen LogP contribution < -0.4 is 14.2 Å². The van der Waals surface area contributed by atoms with Gasteiger partial charge in [0.15, 0.2) is 11.5 Å². The van der Waals surface area contributed by atoms with Crippen LogP contribution in [0.25, 0.3) is 11.6 Å². The highest BCUT2D eigenvalue weighted by Crippen LogP contribution is 2.39. The summed E-state index contributed by atoms with van der Waals surface area (Å²) in [5.74, 6) is 0.389. The maximum absolute atomic E-state index is 11.6. The fourth-order valence-corrected chi connectivity index (χ4v) is 2.24. The van der Waals surface area contributed by atoms with Gasteiger partial charge in [-0.2, -0.15) is 0 Å². The summed E-state index contributed by atoms with van der Waals surface area (Å²) in [5, 5.41) is 9.49. The van der Waals surface area contributed by atoms with Crippen molar-refractivity contribution in [3.05, 3.63) is 53.6 Å². The number of methoxy groups -OCH3 is 3. The zero-order valence-electron chi connectivity index (χ0n) is 13.2. The zero-order valence-corrected chi connectivity index (χ0v) is 13.2. The van der Waals surface area contributed by atoms with E-state index in [0.717, 1.165) is 0 Å². The summed E-state index contributed by atoms with van der Waals surface area (Å²) in [6.07, 6.45) is 1.57. The van der Waals surface area contributed by atoms with Gasteiger partial charge in [0.2, 0.25) is 5.75 Å². The number of ether oxygens (including phenoxy) is 3. The van der Waals surface area contributed by atoms with Crippen molar-refractivity contribution in [3.63, 3.8) is 0 Å². The molecule has 0 saturated carbocycles. The van der Waals surface area contributed by atoms with Gasteiger partial charge in [0.05, 0.1) is 26.9 Å². The Bertz CT molecular complexity index is 694. The molecule has 0 aliphatic heterocycles. The first-order chi connectivity index (χ1) is 11.1. The monoisotopic (exact) mass is 314 g/mol. The average Bonchev–Trinajstić information content (AvgIpc) is 2.59. The molecule has 0 aliphatic rings. The minimum atomic E-state index is -1.01. The maximum Gasteiger partial charge on any atom is 0.336 e. The van der Waals surface area contributed by atoms with Gasteiger partial charge in [-0.15, -0.1) is 0 Å². The molecule has 2 aromatic carbocycles. The highest BCUT2D eigenvalue weighted by Gasteiger charge is 2.15. The molecule has 0 saturated heterocycles. The first-order valence-electron chi connectivity index (χ1n) is 6.91.